The second-order valence-corrected chi connectivity index (χ2v) is 7.61. The third-order valence-corrected chi connectivity index (χ3v) is 6.02. The number of Topliss-reactive ketones (excluding diaryl/α,β-unsaturated/α-hetero) is 1. The number of carboxylic acids is 1. The van der Waals surface area contributed by atoms with Crippen molar-refractivity contribution in [3.05, 3.63) is 33.9 Å². The zero-order valence-electron chi connectivity index (χ0n) is 15.3. The van der Waals surface area contributed by atoms with E-state index in [-0.39, 0.29) is 31.7 Å². The highest BCUT2D eigenvalue weighted by atomic mass is 16.5. The quantitative estimate of drug-likeness (QED) is 0.706. The highest BCUT2D eigenvalue weighted by Crippen LogP contribution is 2.64. The van der Waals surface area contributed by atoms with Crippen molar-refractivity contribution in [2.24, 2.45) is 5.41 Å². The number of fused-ring (bicyclic) bond motifs is 1. The van der Waals surface area contributed by atoms with E-state index in [0.717, 1.165) is 35.1 Å². The minimum atomic E-state index is -1.39. The number of aliphatic carboxylic acids is 1. The number of carbonyl (C=O) groups is 3. The van der Waals surface area contributed by atoms with Gasteiger partial charge in [-0.1, -0.05) is 5.57 Å². The van der Waals surface area contributed by atoms with E-state index in [1.807, 2.05) is 13.8 Å². The molecule has 26 heavy (non-hydrogen) atoms. The van der Waals surface area contributed by atoms with Gasteiger partial charge in [-0.3, -0.25) is 14.4 Å². The molecule has 3 aliphatic carbocycles. The molecule has 6 heteroatoms. The summed E-state index contributed by atoms with van der Waals surface area (Å²) in [4.78, 5) is 35.2. The number of ketones is 1. The summed E-state index contributed by atoms with van der Waals surface area (Å²) in [7, 11) is 0. The van der Waals surface area contributed by atoms with Gasteiger partial charge in [0.25, 0.3) is 0 Å². The summed E-state index contributed by atoms with van der Waals surface area (Å²) in [6, 6.07) is 0. The Bertz CT molecular complexity index is 789. The number of rotatable bonds is 6. The molecule has 6 nitrogen and oxygen atoms in total. The van der Waals surface area contributed by atoms with Gasteiger partial charge in [0.15, 0.2) is 5.78 Å². The van der Waals surface area contributed by atoms with Gasteiger partial charge in [-0.25, -0.2) is 0 Å². The molecule has 0 radical (unpaired) electrons. The molecule has 1 spiro atoms. The highest BCUT2D eigenvalue weighted by molar-refractivity contribution is 6.10. The minimum absolute atomic E-state index is 0.0501. The fraction of sp³-hybridized carbons (Fsp3) is 0.550. The van der Waals surface area contributed by atoms with Crippen molar-refractivity contribution < 1.29 is 29.3 Å². The Balaban J connectivity index is 1.77. The summed E-state index contributed by atoms with van der Waals surface area (Å²) in [5, 5.41) is 19.4. The molecule has 0 aromatic rings. The fourth-order valence-electron chi connectivity index (χ4n) is 4.21. The molecule has 0 bridgehead atoms. The molecule has 2 N–H and O–H groups in total. The lowest BCUT2D eigenvalue weighted by Crippen LogP contribution is -2.49. The maximum absolute atomic E-state index is 12.8. The maximum atomic E-state index is 12.8. The van der Waals surface area contributed by atoms with E-state index in [0.29, 0.717) is 5.57 Å². The van der Waals surface area contributed by atoms with Crippen LogP contribution < -0.4 is 0 Å². The van der Waals surface area contributed by atoms with Gasteiger partial charge >= 0.3 is 11.9 Å². The molecule has 0 aromatic heterocycles. The molecule has 3 rings (SSSR count). The summed E-state index contributed by atoms with van der Waals surface area (Å²) in [5.41, 5.74) is 2.07. The van der Waals surface area contributed by atoms with Gasteiger partial charge in [-0.05, 0) is 57.3 Å². The summed E-state index contributed by atoms with van der Waals surface area (Å²) in [5.74, 6) is -1.66. The first-order valence-corrected chi connectivity index (χ1v) is 8.90. The lowest BCUT2D eigenvalue weighted by molar-refractivity contribution is -0.143. The Hall–Kier alpha value is -2.21. The topological polar surface area (TPSA) is 101 Å². The van der Waals surface area contributed by atoms with Crippen LogP contribution in [0.4, 0.5) is 0 Å². The molecular weight excluding hydrogens is 336 g/mol. The second kappa shape index (κ2) is 6.20. The Labute approximate surface area is 152 Å². The zero-order valence-corrected chi connectivity index (χ0v) is 15.3. The molecule has 1 atom stereocenters. The lowest BCUT2D eigenvalue weighted by Gasteiger charge is -2.39. The first kappa shape index (κ1) is 18.6. The molecule has 3 aliphatic rings. The summed E-state index contributed by atoms with van der Waals surface area (Å²) >= 11 is 0. The number of esters is 1. The Morgan fingerprint density at radius 1 is 1.23 bits per heavy atom. The number of aliphatic hydroxyl groups is 1. The van der Waals surface area contributed by atoms with Crippen LogP contribution in [-0.2, 0) is 19.1 Å². The van der Waals surface area contributed by atoms with E-state index in [1.165, 1.54) is 0 Å². The van der Waals surface area contributed by atoms with E-state index in [2.05, 4.69) is 0 Å². The van der Waals surface area contributed by atoms with Crippen molar-refractivity contribution in [1.29, 1.82) is 0 Å². The molecular formula is C20H24O6. The van der Waals surface area contributed by atoms with Gasteiger partial charge in [0.1, 0.15) is 12.2 Å². The van der Waals surface area contributed by atoms with Crippen molar-refractivity contribution in [1.82, 2.24) is 0 Å². The molecule has 0 aliphatic heterocycles. The molecule has 0 heterocycles. The summed E-state index contributed by atoms with van der Waals surface area (Å²) in [6.07, 6.45) is 3.53. The summed E-state index contributed by atoms with van der Waals surface area (Å²) in [6.45, 7) is 5.46. The predicted octanol–water partition coefficient (Wildman–Crippen LogP) is 2.47. The van der Waals surface area contributed by atoms with Crippen LogP contribution in [0.15, 0.2) is 33.9 Å². The number of hydrogen-bond donors (Lipinski definition) is 2. The first-order valence-electron chi connectivity index (χ1n) is 8.90. The first-order chi connectivity index (χ1) is 12.1. The van der Waals surface area contributed by atoms with Crippen LogP contribution >= 0.6 is 0 Å². The van der Waals surface area contributed by atoms with Crippen LogP contribution in [0.1, 0.15) is 52.9 Å². The van der Waals surface area contributed by atoms with E-state index in [4.69, 9.17) is 9.84 Å². The number of carbonyl (C=O) groups excluding carboxylic acids is 2. The van der Waals surface area contributed by atoms with Gasteiger partial charge in [0.05, 0.1) is 0 Å². The van der Waals surface area contributed by atoms with Gasteiger partial charge in [-0.15, -0.1) is 0 Å². The molecule has 0 saturated heterocycles. The van der Waals surface area contributed by atoms with Crippen LogP contribution in [0.3, 0.4) is 0 Å². The Morgan fingerprint density at radius 3 is 2.46 bits per heavy atom. The van der Waals surface area contributed by atoms with Gasteiger partial charge in [0, 0.05) is 29.4 Å². The second-order valence-electron chi connectivity index (χ2n) is 7.61. The predicted molar refractivity (Wildman–Crippen MR) is 93.2 cm³/mol. The highest BCUT2D eigenvalue weighted by Gasteiger charge is 2.65. The number of hydrogen-bond acceptors (Lipinski definition) is 5. The van der Waals surface area contributed by atoms with Crippen molar-refractivity contribution in [3.63, 3.8) is 0 Å². The van der Waals surface area contributed by atoms with Crippen LogP contribution in [-0.4, -0.2) is 40.1 Å². The van der Waals surface area contributed by atoms with Crippen LogP contribution in [0, 0.1) is 5.41 Å². The average molecular weight is 360 g/mol. The van der Waals surface area contributed by atoms with E-state index < -0.39 is 23.0 Å². The minimum Gasteiger partial charge on any atom is -0.481 e. The van der Waals surface area contributed by atoms with Crippen molar-refractivity contribution in [3.8, 4) is 0 Å². The normalized spacial score (nSPS) is 26.2. The van der Waals surface area contributed by atoms with Crippen molar-refractivity contribution in [2.75, 3.05) is 6.61 Å². The molecule has 0 unspecified atom stereocenters. The van der Waals surface area contributed by atoms with Crippen molar-refractivity contribution in [2.45, 2.75) is 58.5 Å². The molecule has 0 aromatic carbocycles. The largest absolute Gasteiger partial charge is 0.481 e. The van der Waals surface area contributed by atoms with Crippen LogP contribution in [0.2, 0.25) is 0 Å². The van der Waals surface area contributed by atoms with E-state index in [9.17, 15) is 19.5 Å². The van der Waals surface area contributed by atoms with E-state index >= 15 is 0 Å². The van der Waals surface area contributed by atoms with Crippen LogP contribution in [0.25, 0.3) is 0 Å². The molecule has 140 valence electrons. The SMILES string of the molecule is CC1=C(COC(=O)CCCC(=O)O)C2=C(C)C3(CC3)[C@@](C)(O)C(=O)C2=C1. The fourth-order valence-corrected chi connectivity index (χ4v) is 4.21. The maximum Gasteiger partial charge on any atom is 0.306 e. The smallest absolute Gasteiger partial charge is 0.306 e. The Kier molecular flexibility index (Phi) is 4.43. The molecule has 1 fully saturated rings. The number of carboxylic acid groups (broad SMARTS) is 1. The average Bonchev–Trinajstić information content (AvgIpc) is 3.30. The van der Waals surface area contributed by atoms with Crippen molar-refractivity contribution >= 4 is 17.7 Å². The van der Waals surface area contributed by atoms with Crippen LogP contribution in [0.5, 0.6) is 0 Å². The zero-order chi connectivity index (χ0) is 19.3. The standard InChI is InChI=1S/C20H24O6/c1-11-9-13-17(12(2)20(7-8-20)19(3,25)18(13)24)14(11)10-26-16(23)6-4-5-15(21)22/h9,25H,4-8,10H2,1-3H3,(H,21,22)/t19-/m0/s1. The number of allylic oxidation sites excluding steroid dienone is 2. The van der Waals surface area contributed by atoms with Gasteiger partial charge < -0.3 is 14.9 Å². The molecule has 0 amide bonds. The number of ether oxygens (including phenoxy) is 1. The van der Waals surface area contributed by atoms with Gasteiger partial charge in [-0.2, -0.15) is 0 Å². The lowest BCUT2D eigenvalue weighted by atomic mass is 9.67. The van der Waals surface area contributed by atoms with E-state index in [1.54, 1.807) is 13.0 Å². The molecule has 1 saturated carbocycles. The van der Waals surface area contributed by atoms with Gasteiger partial charge in [0.2, 0.25) is 0 Å². The third-order valence-electron chi connectivity index (χ3n) is 6.02. The summed E-state index contributed by atoms with van der Waals surface area (Å²) < 4.78 is 5.32. The third kappa shape index (κ3) is 2.72. The Morgan fingerprint density at radius 2 is 1.88 bits per heavy atom. The monoisotopic (exact) mass is 360 g/mol.